The summed E-state index contributed by atoms with van der Waals surface area (Å²) in [5, 5.41) is 0. The van der Waals surface area contributed by atoms with Crippen LogP contribution in [0.2, 0.25) is 0 Å². The second-order valence-electron chi connectivity index (χ2n) is 5.06. The van der Waals surface area contributed by atoms with Gasteiger partial charge in [-0.1, -0.05) is 19.8 Å². The van der Waals surface area contributed by atoms with Gasteiger partial charge in [-0.05, 0) is 38.6 Å². The Balaban J connectivity index is 1.99. The van der Waals surface area contributed by atoms with Crippen molar-refractivity contribution < 1.29 is 0 Å². The van der Waals surface area contributed by atoms with Gasteiger partial charge in [-0.2, -0.15) is 0 Å². The third-order valence-corrected chi connectivity index (χ3v) is 4.07. The molecule has 1 atom stereocenters. The number of rotatable bonds is 4. The fourth-order valence-electron chi connectivity index (χ4n) is 3.01. The third kappa shape index (κ3) is 1.82. The van der Waals surface area contributed by atoms with Gasteiger partial charge in [0.05, 0.1) is 0 Å². The molecule has 14 heavy (non-hydrogen) atoms. The molecule has 2 aliphatic rings. The van der Waals surface area contributed by atoms with Gasteiger partial charge < -0.3 is 5.73 Å². The fraction of sp³-hybridized carbons (Fsp3) is 1.00. The predicted octanol–water partition coefficient (Wildman–Crippen LogP) is 2.13. The van der Waals surface area contributed by atoms with Crippen LogP contribution in [0.3, 0.4) is 0 Å². The highest BCUT2D eigenvalue weighted by Gasteiger charge is 2.49. The molecule has 2 heteroatoms. The summed E-state index contributed by atoms with van der Waals surface area (Å²) < 4.78 is 0. The van der Waals surface area contributed by atoms with Crippen LogP contribution in [0.15, 0.2) is 0 Å². The molecule has 82 valence electrons. The first-order valence-corrected chi connectivity index (χ1v) is 6.29. The van der Waals surface area contributed by atoms with E-state index >= 15 is 0 Å². The maximum absolute atomic E-state index is 5.92. The lowest BCUT2D eigenvalue weighted by Gasteiger charge is -2.41. The first-order valence-electron chi connectivity index (χ1n) is 6.29. The topological polar surface area (TPSA) is 29.3 Å². The standard InChI is InChI=1S/C12H24N2/c1-2-5-11-6-3-4-9-14(11)12(10-13)7-8-12/h11H,2-10,13H2,1H3. The zero-order valence-corrected chi connectivity index (χ0v) is 9.47. The monoisotopic (exact) mass is 196 g/mol. The highest BCUT2D eigenvalue weighted by atomic mass is 15.3. The van der Waals surface area contributed by atoms with Gasteiger partial charge in [-0.3, -0.25) is 4.90 Å². The van der Waals surface area contributed by atoms with Crippen molar-refractivity contribution >= 4 is 0 Å². The molecule has 0 amide bonds. The molecule has 0 aromatic carbocycles. The lowest BCUT2D eigenvalue weighted by atomic mass is 9.95. The summed E-state index contributed by atoms with van der Waals surface area (Å²) in [5.74, 6) is 0. The number of nitrogens with two attached hydrogens (primary N) is 1. The Kier molecular flexibility index (Phi) is 3.13. The smallest absolute Gasteiger partial charge is 0.0336 e. The van der Waals surface area contributed by atoms with Crippen LogP contribution in [0.1, 0.15) is 51.9 Å². The zero-order chi connectivity index (χ0) is 10.0. The quantitative estimate of drug-likeness (QED) is 0.746. The van der Waals surface area contributed by atoms with Crippen molar-refractivity contribution in [2.75, 3.05) is 13.1 Å². The van der Waals surface area contributed by atoms with Crippen molar-refractivity contribution in [1.82, 2.24) is 4.90 Å². The van der Waals surface area contributed by atoms with E-state index in [1.807, 2.05) is 0 Å². The molecule has 1 heterocycles. The minimum atomic E-state index is 0.445. The predicted molar refractivity (Wildman–Crippen MR) is 60.3 cm³/mol. The maximum atomic E-state index is 5.92. The molecule has 2 nitrogen and oxygen atoms in total. The van der Waals surface area contributed by atoms with E-state index in [1.54, 1.807) is 0 Å². The van der Waals surface area contributed by atoms with E-state index in [1.165, 1.54) is 51.5 Å². The first kappa shape index (κ1) is 10.4. The Morgan fingerprint density at radius 1 is 1.36 bits per heavy atom. The van der Waals surface area contributed by atoms with Gasteiger partial charge in [0.1, 0.15) is 0 Å². The number of likely N-dealkylation sites (tertiary alicyclic amines) is 1. The molecule has 2 N–H and O–H groups in total. The number of piperidine rings is 1. The summed E-state index contributed by atoms with van der Waals surface area (Å²) in [6.07, 6.45) is 9.64. The van der Waals surface area contributed by atoms with Crippen LogP contribution in [0.25, 0.3) is 0 Å². The van der Waals surface area contributed by atoms with Crippen LogP contribution in [-0.4, -0.2) is 29.6 Å². The molecule has 0 bridgehead atoms. The minimum absolute atomic E-state index is 0.445. The van der Waals surface area contributed by atoms with E-state index in [9.17, 15) is 0 Å². The van der Waals surface area contributed by atoms with Crippen LogP contribution in [-0.2, 0) is 0 Å². The molecule has 1 unspecified atom stereocenters. The van der Waals surface area contributed by atoms with E-state index in [4.69, 9.17) is 5.73 Å². The summed E-state index contributed by atoms with van der Waals surface area (Å²) in [4.78, 5) is 2.75. The molecule has 0 spiro atoms. The molecule has 0 aromatic rings. The van der Waals surface area contributed by atoms with Gasteiger partial charge in [0.2, 0.25) is 0 Å². The molecular weight excluding hydrogens is 172 g/mol. The zero-order valence-electron chi connectivity index (χ0n) is 9.47. The third-order valence-electron chi connectivity index (χ3n) is 4.07. The number of hydrogen-bond donors (Lipinski definition) is 1. The van der Waals surface area contributed by atoms with Crippen molar-refractivity contribution in [3.63, 3.8) is 0 Å². The first-order chi connectivity index (χ1) is 6.82. The summed E-state index contributed by atoms with van der Waals surface area (Å²) in [5.41, 5.74) is 6.36. The minimum Gasteiger partial charge on any atom is -0.329 e. The summed E-state index contributed by atoms with van der Waals surface area (Å²) in [6, 6.07) is 0.847. The molecule has 1 aliphatic heterocycles. The van der Waals surface area contributed by atoms with Crippen molar-refractivity contribution in [2.24, 2.45) is 5.73 Å². The van der Waals surface area contributed by atoms with Gasteiger partial charge >= 0.3 is 0 Å². The number of nitrogens with zero attached hydrogens (tertiary/aromatic N) is 1. The van der Waals surface area contributed by atoms with Crippen molar-refractivity contribution in [1.29, 1.82) is 0 Å². The molecule has 2 fully saturated rings. The highest BCUT2D eigenvalue weighted by molar-refractivity contribution is 5.07. The van der Waals surface area contributed by atoms with E-state index in [-0.39, 0.29) is 0 Å². The van der Waals surface area contributed by atoms with Crippen LogP contribution in [0, 0.1) is 0 Å². The molecule has 0 aromatic heterocycles. The van der Waals surface area contributed by atoms with Crippen molar-refractivity contribution in [3.8, 4) is 0 Å². The fourth-order valence-corrected chi connectivity index (χ4v) is 3.01. The molecule has 0 radical (unpaired) electrons. The van der Waals surface area contributed by atoms with Crippen molar-refractivity contribution in [2.45, 2.75) is 63.5 Å². The average molecular weight is 196 g/mol. The Hall–Kier alpha value is -0.0800. The second kappa shape index (κ2) is 4.19. The van der Waals surface area contributed by atoms with Gasteiger partial charge in [-0.15, -0.1) is 0 Å². The Bertz CT molecular complexity index is 185. The van der Waals surface area contributed by atoms with Crippen molar-refractivity contribution in [3.05, 3.63) is 0 Å². The van der Waals surface area contributed by atoms with E-state index < -0.39 is 0 Å². The largest absolute Gasteiger partial charge is 0.329 e. The molecule has 1 saturated carbocycles. The Morgan fingerprint density at radius 2 is 2.14 bits per heavy atom. The van der Waals surface area contributed by atoms with Gasteiger partial charge in [0.25, 0.3) is 0 Å². The maximum Gasteiger partial charge on any atom is 0.0336 e. The van der Waals surface area contributed by atoms with Gasteiger partial charge in [0.15, 0.2) is 0 Å². The van der Waals surface area contributed by atoms with Crippen LogP contribution in [0.4, 0.5) is 0 Å². The molecule has 1 aliphatic carbocycles. The summed E-state index contributed by atoms with van der Waals surface area (Å²) in [6.45, 7) is 4.49. The Labute approximate surface area is 87.8 Å². The normalized spacial score (nSPS) is 31.7. The van der Waals surface area contributed by atoms with Crippen LogP contribution in [0.5, 0.6) is 0 Å². The number of hydrogen-bond acceptors (Lipinski definition) is 2. The lowest BCUT2D eigenvalue weighted by molar-refractivity contribution is 0.0777. The SMILES string of the molecule is CCCC1CCCCN1C1(CN)CC1. The van der Waals surface area contributed by atoms with Gasteiger partial charge in [0, 0.05) is 18.1 Å². The van der Waals surface area contributed by atoms with Crippen LogP contribution >= 0.6 is 0 Å². The van der Waals surface area contributed by atoms with Gasteiger partial charge in [-0.25, -0.2) is 0 Å². The molecular formula is C12H24N2. The highest BCUT2D eigenvalue weighted by Crippen LogP contribution is 2.44. The van der Waals surface area contributed by atoms with E-state index in [2.05, 4.69) is 11.8 Å². The molecule has 1 saturated heterocycles. The average Bonchev–Trinajstić information content (AvgIpc) is 3.00. The summed E-state index contributed by atoms with van der Waals surface area (Å²) >= 11 is 0. The molecule has 2 rings (SSSR count). The van der Waals surface area contributed by atoms with Crippen LogP contribution < -0.4 is 5.73 Å². The Morgan fingerprint density at radius 3 is 2.71 bits per heavy atom. The lowest BCUT2D eigenvalue weighted by Crippen LogP contribution is -2.51. The second-order valence-corrected chi connectivity index (χ2v) is 5.06. The van der Waals surface area contributed by atoms with E-state index in [0.717, 1.165) is 12.6 Å². The summed E-state index contributed by atoms with van der Waals surface area (Å²) in [7, 11) is 0. The van der Waals surface area contributed by atoms with E-state index in [0.29, 0.717) is 5.54 Å².